The van der Waals surface area contributed by atoms with Crippen molar-refractivity contribution in [2.24, 2.45) is 0 Å². The van der Waals surface area contributed by atoms with E-state index in [2.05, 4.69) is 20.5 Å². The van der Waals surface area contributed by atoms with Crippen LogP contribution in [-0.2, 0) is 6.54 Å². The van der Waals surface area contributed by atoms with E-state index in [1.807, 2.05) is 0 Å². The van der Waals surface area contributed by atoms with Crippen molar-refractivity contribution in [3.8, 4) is 5.75 Å². The molecular weight excluding hydrogens is 180 g/mol. The van der Waals surface area contributed by atoms with Gasteiger partial charge in [-0.1, -0.05) is 0 Å². The minimum atomic E-state index is 0.259. The zero-order chi connectivity index (χ0) is 9.80. The van der Waals surface area contributed by atoms with Crippen LogP contribution in [0.4, 0.5) is 5.69 Å². The molecule has 0 saturated heterocycles. The van der Waals surface area contributed by atoms with Crippen molar-refractivity contribution in [2.75, 3.05) is 5.32 Å². The summed E-state index contributed by atoms with van der Waals surface area (Å²) in [4.78, 5) is 3.97. The highest BCUT2D eigenvalue weighted by molar-refractivity contribution is 5.45. The molecule has 72 valence electrons. The van der Waals surface area contributed by atoms with Crippen molar-refractivity contribution >= 4 is 5.69 Å². The Hall–Kier alpha value is -2.04. The fraction of sp³-hybridized carbons (Fsp3) is 0.111. The molecule has 0 spiro atoms. The van der Waals surface area contributed by atoms with E-state index in [1.54, 1.807) is 24.3 Å². The van der Waals surface area contributed by atoms with E-state index >= 15 is 0 Å². The lowest BCUT2D eigenvalue weighted by Crippen LogP contribution is -2.00. The summed E-state index contributed by atoms with van der Waals surface area (Å²) in [5.41, 5.74) is 0.930. The van der Waals surface area contributed by atoms with Gasteiger partial charge in [0.1, 0.15) is 17.9 Å². The molecule has 1 aromatic carbocycles. The second kappa shape index (κ2) is 3.78. The Morgan fingerprint density at radius 1 is 1.29 bits per heavy atom. The van der Waals surface area contributed by atoms with E-state index in [-0.39, 0.29) is 5.75 Å². The van der Waals surface area contributed by atoms with Crippen LogP contribution in [-0.4, -0.2) is 20.3 Å². The molecule has 2 rings (SSSR count). The Morgan fingerprint density at radius 2 is 2.07 bits per heavy atom. The maximum absolute atomic E-state index is 9.05. The number of hydrogen-bond donors (Lipinski definition) is 3. The molecule has 0 amide bonds. The van der Waals surface area contributed by atoms with Gasteiger partial charge in [-0.05, 0) is 24.3 Å². The van der Waals surface area contributed by atoms with Crippen molar-refractivity contribution in [3.05, 3.63) is 36.4 Å². The number of benzene rings is 1. The van der Waals surface area contributed by atoms with Gasteiger partial charge in [-0.25, -0.2) is 4.98 Å². The Balaban J connectivity index is 1.95. The van der Waals surface area contributed by atoms with Gasteiger partial charge in [-0.3, -0.25) is 5.10 Å². The molecular formula is C9H10N4O. The van der Waals surface area contributed by atoms with Crippen LogP contribution in [0.2, 0.25) is 0 Å². The summed E-state index contributed by atoms with van der Waals surface area (Å²) >= 11 is 0. The van der Waals surface area contributed by atoms with E-state index in [9.17, 15) is 0 Å². The zero-order valence-electron chi connectivity index (χ0n) is 7.44. The van der Waals surface area contributed by atoms with E-state index < -0.39 is 0 Å². The van der Waals surface area contributed by atoms with Gasteiger partial charge in [0.25, 0.3) is 0 Å². The SMILES string of the molecule is Oc1ccc(NCc2ncn[nH]2)cc1. The largest absolute Gasteiger partial charge is 0.508 e. The second-order valence-electron chi connectivity index (χ2n) is 2.83. The van der Waals surface area contributed by atoms with Gasteiger partial charge in [0.05, 0.1) is 6.54 Å². The lowest BCUT2D eigenvalue weighted by atomic mass is 10.3. The number of aromatic hydroxyl groups is 1. The molecule has 0 saturated carbocycles. The van der Waals surface area contributed by atoms with Crippen LogP contribution in [0.25, 0.3) is 0 Å². The molecule has 14 heavy (non-hydrogen) atoms. The van der Waals surface area contributed by atoms with Crippen LogP contribution < -0.4 is 5.32 Å². The normalized spacial score (nSPS) is 10.0. The number of aromatic nitrogens is 3. The van der Waals surface area contributed by atoms with Gasteiger partial charge >= 0.3 is 0 Å². The van der Waals surface area contributed by atoms with Crippen LogP contribution in [0.5, 0.6) is 5.75 Å². The van der Waals surface area contributed by atoms with E-state index in [0.717, 1.165) is 11.5 Å². The Kier molecular flexibility index (Phi) is 2.31. The molecule has 1 aromatic heterocycles. The minimum absolute atomic E-state index is 0.259. The number of anilines is 1. The quantitative estimate of drug-likeness (QED) is 0.634. The molecule has 3 N–H and O–H groups in total. The topological polar surface area (TPSA) is 73.8 Å². The predicted octanol–water partition coefficient (Wildman–Crippen LogP) is 1.12. The summed E-state index contributed by atoms with van der Waals surface area (Å²) in [5.74, 6) is 1.04. The van der Waals surface area contributed by atoms with E-state index in [0.29, 0.717) is 6.54 Å². The molecule has 0 aliphatic rings. The molecule has 0 unspecified atom stereocenters. The maximum atomic E-state index is 9.05. The molecule has 5 nitrogen and oxygen atoms in total. The van der Waals surface area contributed by atoms with Crippen molar-refractivity contribution < 1.29 is 5.11 Å². The lowest BCUT2D eigenvalue weighted by molar-refractivity contribution is 0.475. The average Bonchev–Trinajstić information content (AvgIpc) is 2.70. The van der Waals surface area contributed by atoms with Crippen LogP contribution >= 0.6 is 0 Å². The van der Waals surface area contributed by atoms with E-state index in [4.69, 9.17) is 5.11 Å². The molecule has 0 radical (unpaired) electrons. The number of phenols is 1. The highest BCUT2D eigenvalue weighted by Gasteiger charge is 1.95. The monoisotopic (exact) mass is 190 g/mol. The number of H-pyrrole nitrogens is 1. The summed E-state index contributed by atoms with van der Waals surface area (Å²) in [6.45, 7) is 0.588. The van der Waals surface area contributed by atoms with Crippen LogP contribution in [0, 0.1) is 0 Å². The molecule has 5 heteroatoms. The summed E-state index contributed by atoms with van der Waals surface area (Å²) in [5, 5.41) is 18.7. The zero-order valence-corrected chi connectivity index (χ0v) is 7.44. The first-order valence-electron chi connectivity index (χ1n) is 4.22. The highest BCUT2D eigenvalue weighted by Crippen LogP contribution is 2.13. The first-order chi connectivity index (χ1) is 6.84. The summed E-state index contributed by atoms with van der Waals surface area (Å²) in [6.07, 6.45) is 1.47. The fourth-order valence-electron chi connectivity index (χ4n) is 1.08. The van der Waals surface area contributed by atoms with Gasteiger partial charge < -0.3 is 10.4 Å². The smallest absolute Gasteiger partial charge is 0.143 e. The molecule has 0 bridgehead atoms. The summed E-state index contributed by atoms with van der Waals surface area (Å²) in [6, 6.07) is 6.85. The maximum Gasteiger partial charge on any atom is 0.143 e. The van der Waals surface area contributed by atoms with Crippen LogP contribution in [0.1, 0.15) is 5.82 Å². The molecule has 0 aliphatic heterocycles. The lowest BCUT2D eigenvalue weighted by Gasteiger charge is -2.03. The fourth-order valence-corrected chi connectivity index (χ4v) is 1.08. The highest BCUT2D eigenvalue weighted by atomic mass is 16.3. The van der Waals surface area contributed by atoms with Crippen molar-refractivity contribution in [1.29, 1.82) is 0 Å². The molecule has 0 atom stereocenters. The third-order valence-electron chi connectivity index (χ3n) is 1.79. The second-order valence-corrected chi connectivity index (χ2v) is 2.83. The summed E-state index contributed by atoms with van der Waals surface area (Å²) in [7, 11) is 0. The first kappa shape index (κ1) is 8.55. The third kappa shape index (κ3) is 2.01. The van der Waals surface area contributed by atoms with Gasteiger partial charge in [-0.2, -0.15) is 5.10 Å². The van der Waals surface area contributed by atoms with Gasteiger partial charge in [-0.15, -0.1) is 0 Å². The molecule has 0 fully saturated rings. The molecule has 0 aliphatic carbocycles. The Bertz CT molecular complexity index is 382. The summed E-state index contributed by atoms with van der Waals surface area (Å²) < 4.78 is 0. The van der Waals surface area contributed by atoms with Crippen molar-refractivity contribution in [2.45, 2.75) is 6.54 Å². The minimum Gasteiger partial charge on any atom is -0.508 e. The Labute approximate surface area is 80.8 Å². The van der Waals surface area contributed by atoms with Gasteiger partial charge in [0.15, 0.2) is 0 Å². The average molecular weight is 190 g/mol. The van der Waals surface area contributed by atoms with Crippen LogP contribution in [0.3, 0.4) is 0 Å². The molecule has 2 aromatic rings. The standard InChI is InChI=1S/C9H10N4O/c14-8-3-1-7(2-4-8)10-5-9-11-6-12-13-9/h1-4,6,10,14H,5H2,(H,11,12,13). The number of phenolic OH excluding ortho intramolecular Hbond substituents is 1. The third-order valence-corrected chi connectivity index (χ3v) is 1.79. The van der Waals surface area contributed by atoms with Crippen molar-refractivity contribution in [3.63, 3.8) is 0 Å². The number of aromatic amines is 1. The van der Waals surface area contributed by atoms with Crippen molar-refractivity contribution in [1.82, 2.24) is 15.2 Å². The molecule has 1 heterocycles. The number of nitrogens with zero attached hydrogens (tertiary/aromatic N) is 2. The first-order valence-corrected chi connectivity index (χ1v) is 4.22. The van der Waals surface area contributed by atoms with Crippen LogP contribution in [0.15, 0.2) is 30.6 Å². The van der Waals surface area contributed by atoms with E-state index in [1.165, 1.54) is 6.33 Å². The number of rotatable bonds is 3. The van der Waals surface area contributed by atoms with Gasteiger partial charge in [0, 0.05) is 5.69 Å². The van der Waals surface area contributed by atoms with Gasteiger partial charge in [0.2, 0.25) is 0 Å². The number of nitrogens with one attached hydrogen (secondary N) is 2. The number of hydrogen-bond acceptors (Lipinski definition) is 4. The Morgan fingerprint density at radius 3 is 2.71 bits per heavy atom. The predicted molar refractivity (Wildman–Crippen MR) is 51.8 cm³/mol.